The number of benzene rings is 1. The summed E-state index contributed by atoms with van der Waals surface area (Å²) in [6, 6.07) is 7.78. The molecule has 2 aromatic heterocycles. The molecule has 6 nitrogen and oxygen atoms in total. The summed E-state index contributed by atoms with van der Waals surface area (Å²) >= 11 is 0. The number of aromatic nitrogens is 3. The van der Waals surface area contributed by atoms with E-state index in [1.165, 1.54) is 0 Å². The Morgan fingerprint density at radius 2 is 1.81 bits per heavy atom. The fourth-order valence-electron chi connectivity index (χ4n) is 2.73. The molecule has 0 radical (unpaired) electrons. The molecule has 0 saturated carbocycles. The zero-order valence-electron chi connectivity index (χ0n) is 16.1. The van der Waals surface area contributed by atoms with Gasteiger partial charge in [0.05, 0.1) is 40.4 Å². The Morgan fingerprint density at radius 3 is 2.42 bits per heavy atom. The molecule has 140 valence electrons. The number of nitrogens with zero attached hydrogens (tertiary/aromatic N) is 3. The van der Waals surface area contributed by atoms with Crippen molar-refractivity contribution in [2.75, 3.05) is 21.3 Å². The average molecular weight is 375 g/mol. The summed E-state index contributed by atoms with van der Waals surface area (Å²) < 4.78 is 24.3. The smallest absolute Gasteiger partial charge is 0.200 e. The molecule has 0 saturated heterocycles. The summed E-state index contributed by atoms with van der Waals surface area (Å²) in [6.07, 6.45) is 1.76. The first-order valence-electron chi connectivity index (χ1n) is 8.13. The van der Waals surface area contributed by atoms with E-state index >= 15 is 0 Å². The molecule has 2 heterocycles. The predicted octanol–water partition coefficient (Wildman–Crippen LogP) is 3.16. The third-order valence-electron chi connectivity index (χ3n) is 3.97. The van der Waals surface area contributed by atoms with Crippen LogP contribution < -0.4 is 4.74 Å². The van der Waals surface area contributed by atoms with Gasteiger partial charge in [0, 0.05) is 38.6 Å². The molecule has 26 heavy (non-hydrogen) atoms. The number of para-hydroxylation sites is 2. The maximum Gasteiger partial charge on any atom is 0.200 e. The number of hydrogen-bond donors (Lipinski definition) is 0. The van der Waals surface area contributed by atoms with E-state index in [2.05, 4.69) is 14.7 Å². The highest BCUT2D eigenvalue weighted by Gasteiger charge is 2.17. The Balaban J connectivity index is 0.000000758. The summed E-state index contributed by atoms with van der Waals surface area (Å²) in [7, 11) is 5.51. The lowest BCUT2D eigenvalue weighted by molar-refractivity contribution is 0.277. The summed E-state index contributed by atoms with van der Waals surface area (Å²) in [5, 5.41) is 0.562. The molecule has 3 aromatic rings. The van der Waals surface area contributed by atoms with Crippen LogP contribution in [0.1, 0.15) is 16.8 Å². The maximum absolute atomic E-state index is 12.8. The summed E-state index contributed by atoms with van der Waals surface area (Å²) in [5.74, 6) is 1.12. The fraction of sp³-hybridized carbons (Fsp3) is 0.368. The molecular weight excluding hydrogens is 350 g/mol. The largest absolute Gasteiger partial charge is 0.496 e. The molecular formula is C19H25N3O3S. The highest BCUT2D eigenvalue weighted by atomic mass is 32.2. The van der Waals surface area contributed by atoms with E-state index < -0.39 is 10.8 Å². The molecule has 0 bridgehead atoms. The Morgan fingerprint density at radius 1 is 1.15 bits per heavy atom. The van der Waals surface area contributed by atoms with Crippen molar-refractivity contribution in [1.82, 2.24) is 14.5 Å². The minimum absolute atomic E-state index is 0.319. The van der Waals surface area contributed by atoms with E-state index in [1.54, 1.807) is 27.5 Å². The van der Waals surface area contributed by atoms with Crippen LogP contribution in [0.2, 0.25) is 0 Å². The standard InChI is InChI=1S/C17H19N3O2S.C2H6O/c1-11-9-18-14(12(2)16(11)22-4)10-23(21)17-19-13-7-5-6-8-15(13)20(17)3;1-3-2/h5-9H,10H2,1-4H3;1-2H3. The summed E-state index contributed by atoms with van der Waals surface area (Å²) in [5.41, 5.74) is 4.51. The topological polar surface area (TPSA) is 66.2 Å². The zero-order valence-corrected chi connectivity index (χ0v) is 16.9. The Kier molecular flexibility index (Phi) is 6.88. The van der Waals surface area contributed by atoms with E-state index in [-0.39, 0.29) is 0 Å². The molecule has 0 fully saturated rings. The van der Waals surface area contributed by atoms with Crippen LogP contribution in [0.15, 0.2) is 35.6 Å². The number of pyridine rings is 1. The second-order valence-electron chi connectivity index (χ2n) is 5.89. The molecule has 7 heteroatoms. The minimum Gasteiger partial charge on any atom is -0.496 e. The average Bonchev–Trinajstić information content (AvgIpc) is 2.96. The quantitative estimate of drug-likeness (QED) is 0.701. The number of hydrogen-bond acceptors (Lipinski definition) is 5. The van der Waals surface area contributed by atoms with Crippen LogP contribution in [0.25, 0.3) is 11.0 Å². The first-order chi connectivity index (χ1) is 12.4. The van der Waals surface area contributed by atoms with Crippen molar-refractivity contribution in [3.05, 3.63) is 47.3 Å². The first kappa shape index (κ1) is 20.1. The summed E-state index contributed by atoms with van der Waals surface area (Å²) in [6.45, 7) is 3.89. The third kappa shape index (κ3) is 4.11. The molecule has 3 rings (SSSR count). The summed E-state index contributed by atoms with van der Waals surface area (Å²) in [4.78, 5) is 8.93. The molecule has 0 aliphatic rings. The SMILES string of the molecule is COC.COc1c(C)cnc(CS(=O)c2nc3ccccc3n2C)c1C. The van der Waals surface area contributed by atoms with Crippen LogP contribution in [0, 0.1) is 13.8 Å². The van der Waals surface area contributed by atoms with E-state index in [0.717, 1.165) is 33.6 Å². The van der Waals surface area contributed by atoms with Crippen LogP contribution in [0.5, 0.6) is 5.75 Å². The Bertz CT molecular complexity index is 922. The lowest BCUT2D eigenvalue weighted by atomic mass is 10.1. The molecule has 0 aliphatic heterocycles. The Labute approximate surface area is 156 Å². The van der Waals surface area contributed by atoms with E-state index in [4.69, 9.17) is 4.74 Å². The van der Waals surface area contributed by atoms with Gasteiger partial charge < -0.3 is 14.0 Å². The van der Waals surface area contributed by atoms with Gasteiger partial charge in [0.1, 0.15) is 5.75 Å². The number of rotatable bonds is 4. The number of imidazole rings is 1. The lowest BCUT2D eigenvalue weighted by Gasteiger charge is -2.12. The first-order valence-corrected chi connectivity index (χ1v) is 9.45. The van der Waals surface area contributed by atoms with Crippen LogP contribution in [-0.2, 0) is 28.3 Å². The molecule has 0 amide bonds. The number of aryl methyl sites for hydroxylation is 2. The molecule has 0 N–H and O–H groups in total. The van der Waals surface area contributed by atoms with Gasteiger partial charge in [-0.2, -0.15) is 0 Å². The number of ether oxygens (including phenoxy) is 2. The van der Waals surface area contributed by atoms with Crippen molar-refractivity contribution in [2.45, 2.75) is 24.8 Å². The number of methoxy groups -OCH3 is 2. The second-order valence-corrected chi connectivity index (χ2v) is 7.23. The van der Waals surface area contributed by atoms with Crippen LogP contribution in [0.3, 0.4) is 0 Å². The Hall–Kier alpha value is -2.25. The van der Waals surface area contributed by atoms with Crippen LogP contribution in [-0.4, -0.2) is 40.1 Å². The molecule has 1 unspecified atom stereocenters. The van der Waals surface area contributed by atoms with Gasteiger partial charge >= 0.3 is 0 Å². The van der Waals surface area contributed by atoms with Gasteiger partial charge in [-0.1, -0.05) is 12.1 Å². The third-order valence-corrected chi connectivity index (χ3v) is 5.28. The zero-order chi connectivity index (χ0) is 19.3. The van der Waals surface area contributed by atoms with Crippen molar-refractivity contribution in [3.63, 3.8) is 0 Å². The molecule has 1 atom stereocenters. The normalized spacial score (nSPS) is 11.8. The highest BCUT2D eigenvalue weighted by molar-refractivity contribution is 7.84. The van der Waals surface area contributed by atoms with Gasteiger partial charge in [-0.05, 0) is 26.0 Å². The van der Waals surface area contributed by atoms with Crippen molar-refractivity contribution in [3.8, 4) is 5.75 Å². The van der Waals surface area contributed by atoms with Crippen molar-refractivity contribution < 1.29 is 13.7 Å². The van der Waals surface area contributed by atoms with Crippen molar-refractivity contribution in [2.24, 2.45) is 7.05 Å². The molecule has 0 aliphatic carbocycles. The highest BCUT2D eigenvalue weighted by Crippen LogP contribution is 2.26. The van der Waals surface area contributed by atoms with E-state index in [1.807, 2.05) is 49.7 Å². The van der Waals surface area contributed by atoms with Gasteiger partial charge in [-0.15, -0.1) is 0 Å². The van der Waals surface area contributed by atoms with Gasteiger partial charge in [0.25, 0.3) is 0 Å². The van der Waals surface area contributed by atoms with Gasteiger partial charge in [-0.3, -0.25) is 9.19 Å². The van der Waals surface area contributed by atoms with E-state index in [9.17, 15) is 4.21 Å². The van der Waals surface area contributed by atoms with Gasteiger partial charge in [-0.25, -0.2) is 4.98 Å². The van der Waals surface area contributed by atoms with Gasteiger partial charge in [0.2, 0.25) is 0 Å². The van der Waals surface area contributed by atoms with Crippen molar-refractivity contribution >= 4 is 21.8 Å². The monoisotopic (exact) mass is 375 g/mol. The van der Waals surface area contributed by atoms with E-state index in [0.29, 0.717) is 10.9 Å². The molecule has 0 spiro atoms. The maximum atomic E-state index is 12.8. The minimum atomic E-state index is -1.27. The van der Waals surface area contributed by atoms with Gasteiger partial charge in [0.15, 0.2) is 5.16 Å². The lowest BCUT2D eigenvalue weighted by Crippen LogP contribution is -2.07. The van der Waals surface area contributed by atoms with Crippen LogP contribution in [0.4, 0.5) is 0 Å². The van der Waals surface area contributed by atoms with Crippen LogP contribution >= 0.6 is 0 Å². The van der Waals surface area contributed by atoms with Crippen molar-refractivity contribution in [1.29, 1.82) is 0 Å². The predicted molar refractivity (Wildman–Crippen MR) is 104 cm³/mol. The number of fused-ring (bicyclic) bond motifs is 1. The fourth-order valence-corrected chi connectivity index (χ4v) is 4.00. The second kappa shape index (κ2) is 8.91. The molecule has 1 aromatic carbocycles.